The zero-order chi connectivity index (χ0) is 14.0. The summed E-state index contributed by atoms with van der Waals surface area (Å²) in [5, 5.41) is 0. The van der Waals surface area contributed by atoms with Gasteiger partial charge in [-0.25, -0.2) is 0 Å². The molecule has 2 rings (SSSR count). The van der Waals surface area contributed by atoms with Crippen LogP contribution in [0.5, 0.6) is 0 Å². The molecule has 1 amide bonds. The van der Waals surface area contributed by atoms with Crippen molar-refractivity contribution >= 4 is 21.8 Å². The molecule has 0 bridgehead atoms. The van der Waals surface area contributed by atoms with Crippen molar-refractivity contribution < 1.29 is 9.21 Å². The SMILES string of the molecule is Cc1ccc(CN(C)C(=O)c2ccoc2Br)c(C)c1. The molecule has 1 aromatic carbocycles. The number of amides is 1. The van der Waals surface area contributed by atoms with E-state index in [2.05, 4.69) is 48.0 Å². The van der Waals surface area contributed by atoms with E-state index in [1.54, 1.807) is 18.0 Å². The van der Waals surface area contributed by atoms with E-state index in [1.807, 2.05) is 0 Å². The summed E-state index contributed by atoms with van der Waals surface area (Å²) in [6.07, 6.45) is 1.50. The number of hydrogen-bond donors (Lipinski definition) is 0. The van der Waals surface area contributed by atoms with Crippen molar-refractivity contribution in [2.45, 2.75) is 20.4 Å². The molecule has 1 aromatic heterocycles. The Labute approximate surface area is 121 Å². The van der Waals surface area contributed by atoms with Gasteiger partial charge in [-0.2, -0.15) is 0 Å². The molecule has 0 saturated carbocycles. The van der Waals surface area contributed by atoms with E-state index in [1.165, 1.54) is 17.4 Å². The maximum Gasteiger partial charge on any atom is 0.258 e. The number of hydrogen-bond acceptors (Lipinski definition) is 2. The smallest absolute Gasteiger partial charge is 0.258 e. The van der Waals surface area contributed by atoms with Gasteiger partial charge in [0.05, 0.1) is 11.8 Å². The Morgan fingerprint density at radius 3 is 2.63 bits per heavy atom. The van der Waals surface area contributed by atoms with Crippen molar-refractivity contribution in [1.82, 2.24) is 4.90 Å². The van der Waals surface area contributed by atoms with Crippen LogP contribution in [0.2, 0.25) is 0 Å². The van der Waals surface area contributed by atoms with E-state index >= 15 is 0 Å². The van der Waals surface area contributed by atoms with Crippen LogP contribution in [0, 0.1) is 13.8 Å². The Hall–Kier alpha value is -1.55. The Morgan fingerprint density at radius 1 is 1.32 bits per heavy atom. The minimum absolute atomic E-state index is 0.0550. The number of halogens is 1. The lowest BCUT2D eigenvalue weighted by Crippen LogP contribution is -2.26. The van der Waals surface area contributed by atoms with Crippen molar-refractivity contribution in [3.63, 3.8) is 0 Å². The lowest BCUT2D eigenvalue weighted by atomic mass is 10.1. The first-order valence-electron chi connectivity index (χ1n) is 6.03. The first-order valence-corrected chi connectivity index (χ1v) is 6.83. The van der Waals surface area contributed by atoms with E-state index in [-0.39, 0.29) is 5.91 Å². The molecular formula is C15H16BrNO2. The molecule has 0 fully saturated rings. The Kier molecular flexibility index (Phi) is 4.10. The number of carbonyl (C=O) groups is 1. The number of nitrogens with zero attached hydrogens (tertiary/aromatic N) is 1. The molecule has 2 aromatic rings. The summed E-state index contributed by atoms with van der Waals surface area (Å²) in [5.41, 5.74) is 4.13. The molecule has 100 valence electrons. The number of furan rings is 1. The second-order valence-corrected chi connectivity index (χ2v) is 5.42. The summed E-state index contributed by atoms with van der Waals surface area (Å²) >= 11 is 3.23. The topological polar surface area (TPSA) is 33.5 Å². The first kappa shape index (κ1) is 13.9. The van der Waals surface area contributed by atoms with Crippen LogP contribution in [-0.4, -0.2) is 17.9 Å². The Balaban J connectivity index is 2.15. The van der Waals surface area contributed by atoms with Gasteiger partial charge in [0.25, 0.3) is 5.91 Å². The van der Waals surface area contributed by atoms with Gasteiger partial charge >= 0.3 is 0 Å². The number of rotatable bonds is 3. The van der Waals surface area contributed by atoms with Crippen LogP contribution < -0.4 is 0 Å². The molecule has 0 aliphatic carbocycles. The van der Waals surface area contributed by atoms with Crippen molar-refractivity contribution in [1.29, 1.82) is 0 Å². The van der Waals surface area contributed by atoms with Crippen LogP contribution in [0.1, 0.15) is 27.0 Å². The predicted octanol–water partition coefficient (Wildman–Crippen LogP) is 3.93. The maximum absolute atomic E-state index is 12.2. The minimum atomic E-state index is -0.0550. The molecule has 19 heavy (non-hydrogen) atoms. The van der Waals surface area contributed by atoms with Crippen LogP contribution in [0.15, 0.2) is 39.6 Å². The quantitative estimate of drug-likeness (QED) is 0.858. The van der Waals surface area contributed by atoms with Crippen LogP contribution in [0.4, 0.5) is 0 Å². The molecule has 0 unspecified atom stereocenters. The molecule has 3 nitrogen and oxygen atoms in total. The Bertz CT molecular complexity index is 604. The third-order valence-electron chi connectivity index (χ3n) is 3.10. The highest BCUT2D eigenvalue weighted by atomic mass is 79.9. The standard InChI is InChI=1S/C15H16BrNO2/c1-10-4-5-12(11(2)8-10)9-17(3)15(18)13-6-7-19-14(13)16/h4-8H,9H2,1-3H3. The highest BCUT2D eigenvalue weighted by Crippen LogP contribution is 2.20. The lowest BCUT2D eigenvalue weighted by Gasteiger charge is -2.18. The van der Waals surface area contributed by atoms with Gasteiger partial charge in [-0.05, 0) is 47.0 Å². The molecular weight excluding hydrogens is 306 g/mol. The van der Waals surface area contributed by atoms with Gasteiger partial charge in [-0.3, -0.25) is 4.79 Å². The molecule has 0 radical (unpaired) electrons. The van der Waals surface area contributed by atoms with E-state index in [0.29, 0.717) is 16.8 Å². The van der Waals surface area contributed by atoms with E-state index in [4.69, 9.17) is 4.42 Å². The fourth-order valence-corrected chi connectivity index (χ4v) is 2.41. The summed E-state index contributed by atoms with van der Waals surface area (Å²) in [6, 6.07) is 7.93. The van der Waals surface area contributed by atoms with E-state index in [0.717, 1.165) is 5.56 Å². The Morgan fingerprint density at radius 2 is 2.05 bits per heavy atom. The summed E-state index contributed by atoms with van der Waals surface area (Å²) < 4.78 is 5.57. The molecule has 0 saturated heterocycles. The third kappa shape index (κ3) is 3.07. The third-order valence-corrected chi connectivity index (χ3v) is 3.71. The van der Waals surface area contributed by atoms with Crippen molar-refractivity contribution in [2.24, 2.45) is 0 Å². The summed E-state index contributed by atoms with van der Waals surface area (Å²) in [7, 11) is 1.79. The largest absolute Gasteiger partial charge is 0.457 e. The highest BCUT2D eigenvalue weighted by Gasteiger charge is 2.17. The monoisotopic (exact) mass is 321 g/mol. The van der Waals surface area contributed by atoms with Crippen LogP contribution in [0.25, 0.3) is 0 Å². The number of benzene rings is 1. The van der Waals surface area contributed by atoms with Crippen molar-refractivity contribution in [2.75, 3.05) is 7.05 Å². The van der Waals surface area contributed by atoms with E-state index < -0.39 is 0 Å². The zero-order valence-corrected chi connectivity index (χ0v) is 12.8. The molecule has 4 heteroatoms. The number of aryl methyl sites for hydroxylation is 2. The fourth-order valence-electron chi connectivity index (χ4n) is 2.00. The molecule has 0 spiro atoms. The van der Waals surface area contributed by atoms with E-state index in [9.17, 15) is 4.79 Å². The molecule has 0 atom stereocenters. The van der Waals surface area contributed by atoms with Gasteiger partial charge in [0, 0.05) is 13.6 Å². The zero-order valence-electron chi connectivity index (χ0n) is 11.2. The van der Waals surface area contributed by atoms with Crippen LogP contribution in [0.3, 0.4) is 0 Å². The highest BCUT2D eigenvalue weighted by molar-refractivity contribution is 9.10. The second kappa shape index (κ2) is 5.61. The second-order valence-electron chi connectivity index (χ2n) is 4.70. The first-order chi connectivity index (χ1) is 8.99. The average molecular weight is 322 g/mol. The van der Waals surface area contributed by atoms with Gasteiger partial charge in [0.1, 0.15) is 0 Å². The van der Waals surface area contributed by atoms with Gasteiger partial charge in [0.2, 0.25) is 0 Å². The van der Waals surface area contributed by atoms with Crippen molar-refractivity contribution in [3.8, 4) is 0 Å². The molecule has 0 N–H and O–H groups in total. The average Bonchev–Trinajstić information content (AvgIpc) is 2.78. The van der Waals surface area contributed by atoms with Gasteiger partial charge in [0.15, 0.2) is 4.67 Å². The lowest BCUT2D eigenvalue weighted by molar-refractivity contribution is 0.0783. The van der Waals surface area contributed by atoms with Crippen LogP contribution >= 0.6 is 15.9 Å². The molecule has 0 aliphatic heterocycles. The van der Waals surface area contributed by atoms with Gasteiger partial charge in [-0.1, -0.05) is 23.8 Å². The predicted molar refractivity (Wildman–Crippen MR) is 78.1 cm³/mol. The van der Waals surface area contributed by atoms with Crippen molar-refractivity contribution in [3.05, 3.63) is 57.5 Å². The summed E-state index contributed by atoms with van der Waals surface area (Å²) in [4.78, 5) is 13.9. The minimum Gasteiger partial charge on any atom is -0.457 e. The fraction of sp³-hybridized carbons (Fsp3) is 0.267. The normalized spacial score (nSPS) is 10.5. The molecule has 0 aliphatic rings. The molecule has 1 heterocycles. The summed E-state index contributed by atoms with van der Waals surface area (Å²) in [5.74, 6) is -0.0550. The van der Waals surface area contributed by atoms with Crippen LogP contribution in [-0.2, 0) is 6.54 Å². The van der Waals surface area contributed by atoms with Gasteiger partial charge in [-0.15, -0.1) is 0 Å². The maximum atomic E-state index is 12.2. The number of carbonyl (C=O) groups excluding carboxylic acids is 1. The van der Waals surface area contributed by atoms with Gasteiger partial charge < -0.3 is 9.32 Å². The summed E-state index contributed by atoms with van der Waals surface area (Å²) in [6.45, 7) is 4.71.